The van der Waals surface area contributed by atoms with E-state index in [4.69, 9.17) is 4.74 Å². The molecule has 0 radical (unpaired) electrons. The van der Waals surface area contributed by atoms with Gasteiger partial charge in [-0.05, 0) is 42.3 Å². The van der Waals surface area contributed by atoms with Crippen LogP contribution in [0, 0.1) is 17.8 Å². The molecule has 1 aromatic heterocycles. The first-order valence-electron chi connectivity index (χ1n) is 10.8. The number of halogens is 7. The molecule has 3 aromatic rings. The SMILES string of the molecule is CN(C(=O)Oc1c(N2CCN(C#Cc3nccs3)C2=O)cc(C(F)(F)F)cc1C(F)(F)F)c1ccc(F)cc1. The second-order valence-electron chi connectivity index (χ2n) is 7.93. The Labute approximate surface area is 220 Å². The van der Waals surface area contributed by atoms with E-state index < -0.39 is 52.9 Å². The minimum atomic E-state index is -5.41. The maximum atomic E-state index is 14.0. The molecule has 0 saturated carbocycles. The van der Waals surface area contributed by atoms with E-state index in [1.807, 2.05) is 0 Å². The van der Waals surface area contributed by atoms with E-state index in [9.17, 15) is 40.3 Å². The van der Waals surface area contributed by atoms with Gasteiger partial charge in [-0.15, -0.1) is 11.3 Å². The number of thiazole rings is 1. The van der Waals surface area contributed by atoms with Crippen molar-refractivity contribution in [1.82, 2.24) is 9.88 Å². The van der Waals surface area contributed by atoms with Gasteiger partial charge in [0.25, 0.3) is 0 Å². The first-order chi connectivity index (χ1) is 18.3. The van der Waals surface area contributed by atoms with Crippen LogP contribution < -0.4 is 14.5 Å². The fourth-order valence-electron chi connectivity index (χ4n) is 3.49. The quantitative estimate of drug-likeness (QED) is 0.277. The van der Waals surface area contributed by atoms with Crippen LogP contribution in [0.2, 0.25) is 0 Å². The lowest BCUT2D eigenvalue weighted by Gasteiger charge is -2.25. The van der Waals surface area contributed by atoms with Gasteiger partial charge in [0, 0.05) is 36.9 Å². The number of rotatable bonds is 3. The molecule has 0 unspecified atom stereocenters. The number of ether oxygens (including phenoxy) is 1. The van der Waals surface area contributed by atoms with Crippen LogP contribution in [0.4, 0.5) is 51.7 Å². The van der Waals surface area contributed by atoms with Gasteiger partial charge in [-0.2, -0.15) is 26.3 Å². The van der Waals surface area contributed by atoms with Gasteiger partial charge >= 0.3 is 24.5 Å². The minimum Gasteiger partial charge on any atom is -0.407 e. The third kappa shape index (κ3) is 6.06. The Bertz CT molecular complexity index is 1450. The van der Waals surface area contributed by atoms with Gasteiger partial charge in [0.2, 0.25) is 0 Å². The van der Waals surface area contributed by atoms with Crippen molar-refractivity contribution in [3.05, 3.63) is 69.9 Å². The molecule has 4 rings (SSSR count). The number of alkyl halides is 6. The summed E-state index contributed by atoms with van der Waals surface area (Å²) >= 11 is 1.16. The molecule has 15 heteroatoms. The molecule has 7 nitrogen and oxygen atoms in total. The second kappa shape index (κ2) is 10.4. The third-order valence-corrected chi connectivity index (χ3v) is 6.10. The van der Waals surface area contributed by atoms with Gasteiger partial charge < -0.3 is 4.74 Å². The van der Waals surface area contributed by atoms with Crippen molar-refractivity contribution in [3.8, 4) is 17.7 Å². The van der Waals surface area contributed by atoms with E-state index in [0.717, 1.165) is 52.4 Å². The predicted molar refractivity (Wildman–Crippen MR) is 126 cm³/mol. The fourth-order valence-corrected chi connectivity index (χ4v) is 3.96. The van der Waals surface area contributed by atoms with Gasteiger partial charge in [-0.3, -0.25) is 14.7 Å². The molecular formula is C24H15F7N4O3S. The molecule has 0 spiro atoms. The second-order valence-corrected chi connectivity index (χ2v) is 8.83. The topological polar surface area (TPSA) is 66.0 Å². The molecule has 39 heavy (non-hydrogen) atoms. The summed E-state index contributed by atoms with van der Waals surface area (Å²) in [6.07, 6.45) is -10.6. The summed E-state index contributed by atoms with van der Waals surface area (Å²) in [7, 11) is 1.10. The van der Waals surface area contributed by atoms with E-state index in [0.29, 0.717) is 16.0 Å². The lowest BCUT2D eigenvalue weighted by atomic mass is 10.1. The number of aromatic nitrogens is 1. The Morgan fingerprint density at radius 2 is 1.77 bits per heavy atom. The van der Waals surface area contributed by atoms with Crippen molar-refractivity contribution in [2.75, 3.05) is 29.9 Å². The van der Waals surface area contributed by atoms with Crippen molar-refractivity contribution < 1.29 is 45.1 Å². The number of hydrogen-bond acceptors (Lipinski definition) is 5. The van der Waals surface area contributed by atoms with Crippen molar-refractivity contribution >= 4 is 34.8 Å². The number of carbonyl (C=O) groups excluding carboxylic acids is 2. The van der Waals surface area contributed by atoms with E-state index >= 15 is 0 Å². The highest BCUT2D eigenvalue weighted by Crippen LogP contribution is 2.47. The average Bonchev–Trinajstić information content (AvgIpc) is 3.51. The molecule has 0 atom stereocenters. The maximum absolute atomic E-state index is 14.0. The summed E-state index contributed by atoms with van der Waals surface area (Å²) in [4.78, 5) is 31.9. The molecule has 2 heterocycles. The molecule has 1 fully saturated rings. The zero-order valence-corrected chi connectivity index (χ0v) is 20.4. The highest BCUT2D eigenvalue weighted by Gasteiger charge is 2.44. The summed E-state index contributed by atoms with van der Waals surface area (Å²) in [5.74, 6) is 0.621. The Hall–Kier alpha value is -4.32. The van der Waals surface area contributed by atoms with Gasteiger partial charge in [0.15, 0.2) is 10.8 Å². The number of benzene rings is 2. The smallest absolute Gasteiger partial charge is 0.407 e. The molecule has 204 valence electrons. The van der Waals surface area contributed by atoms with Crippen LogP contribution >= 0.6 is 11.3 Å². The number of hydrogen-bond donors (Lipinski definition) is 0. The monoisotopic (exact) mass is 572 g/mol. The highest BCUT2D eigenvalue weighted by atomic mass is 32.1. The predicted octanol–water partition coefficient (Wildman–Crippen LogP) is 6.21. The molecule has 0 N–H and O–H groups in total. The van der Waals surface area contributed by atoms with Crippen molar-refractivity contribution in [2.45, 2.75) is 12.4 Å². The van der Waals surface area contributed by atoms with Gasteiger partial charge in [-0.25, -0.2) is 19.0 Å². The number of nitrogens with zero attached hydrogens (tertiary/aromatic N) is 4. The summed E-state index contributed by atoms with van der Waals surface area (Å²) in [5.41, 5.74) is -4.55. The van der Waals surface area contributed by atoms with E-state index in [1.54, 1.807) is 5.38 Å². The first-order valence-corrected chi connectivity index (χ1v) is 11.7. The third-order valence-electron chi connectivity index (χ3n) is 5.41. The summed E-state index contributed by atoms with van der Waals surface area (Å²) < 4.78 is 101. The van der Waals surface area contributed by atoms with E-state index in [1.165, 1.54) is 6.20 Å². The first kappa shape index (κ1) is 27.7. The van der Waals surface area contributed by atoms with Crippen LogP contribution in [0.15, 0.2) is 48.0 Å². The average molecular weight is 572 g/mol. The minimum absolute atomic E-state index is 0.0179. The van der Waals surface area contributed by atoms with Crippen LogP contribution in [-0.2, 0) is 12.4 Å². The Balaban J connectivity index is 1.78. The van der Waals surface area contributed by atoms with Crippen LogP contribution in [0.25, 0.3) is 0 Å². The lowest BCUT2D eigenvalue weighted by Crippen LogP contribution is -2.33. The summed E-state index contributed by atoms with van der Waals surface area (Å²) in [5, 5.41) is 1.95. The molecule has 2 aromatic carbocycles. The molecule has 1 aliphatic rings. The van der Waals surface area contributed by atoms with E-state index in [-0.39, 0.29) is 24.8 Å². The maximum Gasteiger partial charge on any atom is 0.420 e. The molecule has 1 aliphatic heterocycles. The van der Waals surface area contributed by atoms with Crippen LogP contribution in [0.5, 0.6) is 5.75 Å². The standard InChI is InChI=1S/C24H15F7N4O3S/c1-33(16-4-2-15(25)3-5-16)22(37)38-20-17(24(29,30)31)12-14(23(26,27)28)13-18(20)35-10-9-34(21(35)36)8-6-19-32-7-11-39-19/h2-5,7,11-13H,9-10H2,1H3. The Kier molecular flexibility index (Phi) is 7.42. The number of carbonyl (C=O) groups is 2. The number of amides is 3. The zero-order chi connectivity index (χ0) is 28.5. The molecule has 0 aliphatic carbocycles. The van der Waals surface area contributed by atoms with Crippen molar-refractivity contribution in [1.29, 1.82) is 0 Å². The molecule has 1 saturated heterocycles. The van der Waals surface area contributed by atoms with Crippen LogP contribution in [0.1, 0.15) is 16.1 Å². The Morgan fingerprint density at radius 1 is 1.08 bits per heavy atom. The fraction of sp³-hybridized carbons (Fsp3) is 0.208. The number of anilines is 2. The van der Waals surface area contributed by atoms with Gasteiger partial charge in [0.1, 0.15) is 11.4 Å². The van der Waals surface area contributed by atoms with Gasteiger partial charge in [-0.1, -0.05) is 0 Å². The zero-order valence-electron chi connectivity index (χ0n) is 19.6. The largest absolute Gasteiger partial charge is 0.420 e. The molecule has 3 amide bonds. The van der Waals surface area contributed by atoms with Crippen molar-refractivity contribution in [3.63, 3.8) is 0 Å². The molecule has 0 bridgehead atoms. The van der Waals surface area contributed by atoms with Crippen molar-refractivity contribution in [2.24, 2.45) is 0 Å². The summed E-state index contributed by atoms with van der Waals surface area (Å²) in [6.45, 7) is -0.528. The number of urea groups is 1. The molecular weight excluding hydrogens is 557 g/mol. The summed E-state index contributed by atoms with van der Waals surface area (Å²) in [6, 6.07) is 5.77. The van der Waals surface area contributed by atoms with Gasteiger partial charge in [0.05, 0.1) is 17.8 Å². The van der Waals surface area contributed by atoms with Crippen LogP contribution in [-0.4, -0.2) is 42.1 Å². The highest BCUT2D eigenvalue weighted by molar-refractivity contribution is 7.10. The van der Waals surface area contributed by atoms with Crippen LogP contribution in [0.3, 0.4) is 0 Å². The Morgan fingerprint density at radius 3 is 2.36 bits per heavy atom. The van der Waals surface area contributed by atoms with E-state index in [2.05, 4.69) is 16.9 Å². The normalized spacial score (nSPS) is 13.8. The lowest BCUT2D eigenvalue weighted by molar-refractivity contribution is -0.143.